The van der Waals surface area contributed by atoms with E-state index in [-0.39, 0.29) is 59.3 Å². The Hall–Kier alpha value is -7.42. The first kappa shape index (κ1) is 49.2. The molecule has 0 atom stereocenters. The van der Waals surface area contributed by atoms with Gasteiger partial charge < -0.3 is 9.30 Å². The van der Waals surface area contributed by atoms with Crippen LogP contribution in [-0.2, 0) is 48.1 Å². The van der Waals surface area contributed by atoms with E-state index in [2.05, 4.69) is 204 Å². The molecule has 8 aromatic carbocycles. The first-order valence-electron chi connectivity index (χ1n) is 31.5. The fraction of sp³-hybridized carbons (Fsp3) is 0.289. The van der Waals surface area contributed by atoms with E-state index >= 15 is 0 Å². The summed E-state index contributed by atoms with van der Waals surface area (Å²) in [5, 5.41) is 1.51. The Bertz CT molecular complexity index is 4470. The maximum Gasteiger partial charge on any atom is 2.00 e. The average Bonchev–Trinajstić information content (AvgIpc) is 2.16. The zero-order valence-corrected chi connectivity index (χ0v) is 51.8. The van der Waals surface area contributed by atoms with Crippen molar-refractivity contribution in [2.75, 3.05) is 0 Å². The van der Waals surface area contributed by atoms with Gasteiger partial charge in [0.2, 0.25) is 5.69 Å². The number of rotatable bonds is 8. The van der Waals surface area contributed by atoms with E-state index in [1.54, 1.807) is 35.0 Å². The molecule has 0 N–H and O–H groups in total. The maximum absolute atomic E-state index is 8.94. The molecule has 0 spiro atoms. The Kier molecular flexibility index (Phi) is 12.3. The topological polar surface area (TPSA) is 33.1 Å². The number of para-hydroxylation sites is 2. The molecule has 5 nitrogen and oxygen atoms in total. The molecule has 82 heavy (non-hydrogen) atoms. The number of benzene rings is 8. The number of aromatic nitrogens is 2. The zero-order valence-electron chi connectivity index (χ0n) is 55.5. The second kappa shape index (κ2) is 20.5. The van der Waals surface area contributed by atoms with Gasteiger partial charge >= 0.3 is 27.1 Å². The molecule has 0 amide bonds. The van der Waals surface area contributed by atoms with Crippen molar-refractivity contribution in [3.8, 4) is 50.7 Å². The number of nitrogens with zero attached hydrogens (tertiary/aromatic N) is 4. The van der Waals surface area contributed by atoms with Gasteiger partial charge in [0.15, 0.2) is 0 Å². The van der Waals surface area contributed by atoms with E-state index in [0.29, 0.717) is 39.6 Å². The van der Waals surface area contributed by atoms with Crippen LogP contribution in [0.1, 0.15) is 150 Å². The summed E-state index contributed by atoms with van der Waals surface area (Å²) in [5.41, 5.74) is 16.4. The SMILES string of the molecule is [2H]C([2H])([2H])c1ccc2c3ccc(Oc4[c-]c([N+]5=C=[N+](c6c(-c7ccccc7)cc(C(C)(C)C)cc6-c6cc(C(C)(C)C)cc(C(C)(C)C)c6)c6ccccc65)ccc4)[c-]c3n(-c3cc(C([2H])([2H])[2H])c(-c4ccc5c(c4)C(C)(C)CCC5(C)C)cn3)c2c1.[Pt+2]. The van der Waals surface area contributed by atoms with Crippen LogP contribution in [0.15, 0.2) is 164 Å². The molecule has 0 saturated heterocycles. The summed E-state index contributed by atoms with van der Waals surface area (Å²) in [6.07, 6.45) is 3.72. The van der Waals surface area contributed by atoms with Gasteiger partial charge in [-0.2, -0.15) is 12.1 Å². The second-order valence-electron chi connectivity index (χ2n) is 26.9. The first-order valence-corrected chi connectivity index (χ1v) is 28.5. The first-order chi connectivity index (χ1) is 40.7. The third-order valence-electron chi connectivity index (χ3n) is 17.0. The number of fused-ring (bicyclic) bond motifs is 5. The van der Waals surface area contributed by atoms with Crippen molar-refractivity contribution < 1.29 is 34.0 Å². The third kappa shape index (κ3) is 10.2. The number of aryl methyl sites for hydroxylation is 2. The van der Waals surface area contributed by atoms with E-state index < -0.39 is 13.7 Å². The van der Waals surface area contributed by atoms with Crippen LogP contribution in [0.3, 0.4) is 0 Å². The molecule has 2 aromatic heterocycles. The van der Waals surface area contributed by atoms with Crippen LogP contribution in [0.4, 0.5) is 22.7 Å². The molecule has 1 aliphatic carbocycles. The van der Waals surface area contributed by atoms with E-state index in [1.165, 1.54) is 27.8 Å². The molecule has 0 fully saturated rings. The summed E-state index contributed by atoms with van der Waals surface area (Å²) >= 11 is 0. The monoisotopic (exact) mass is 1260 g/mol. The predicted octanol–water partition coefficient (Wildman–Crippen LogP) is 20.3. The van der Waals surface area contributed by atoms with E-state index in [4.69, 9.17) is 17.9 Å². The summed E-state index contributed by atoms with van der Waals surface area (Å²) in [5.74, 6) is 1.09. The van der Waals surface area contributed by atoms with Crippen LogP contribution in [0, 0.1) is 25.8 Å². The molecule has 6 heteroatoms. The van der Waals surface area contributed by atoms with Crippen LogP contribution in [0.25, 0.3) is 61.0 Å². The van der Waals surface area contributed by atoms with Gasteiger partial charge in [-0.1, -0.05) is 203 Å². The van der Waals surface area contributed by atoms with Crippen LogP contribution >= 0.6 is 0 Å². The van der Waals surface area contributed by atoms with Crippen LogP contribution < -0.4 is 13.9 Å². The molecule has 0 radical (unpaired) electrons. The summed E-state index contributed by atoms with van der Waals surface area (Å²) < 4.78 is 64.9. The van der Waals surface area contributed by atoms with Crippen molar-refractivity contribution >= 4 is 50.6 Å². The predicted molar refractivity (Wildman–Crippen MR) is 341 cm³/mol. The Morgan fingerprint density at radius 2 is 1.17 bits per heavy atom. The average molecular weight is 1260 g/mol. The van der Waals surface area contributed by atoms with Gasteiger partial charge in [-0.3, -0.25) is 0 Å². The summed E-state index contributed by atoms with van der Waals surface area (Å²) in [6.45, 7) is 24.7. The number of pyridine rings is 1. The Morgan fingerprint density at radius 3 is 1.84 bits per heavy atom. The molecule has 3 heterocycles. The van der Waals surface area contributed by atoms with E-state index in [1.807, 2.05) is 47.0 Å². The molecule has 0 unspecified atom stereocenters. The van der Waals surface area contributed by atoms with Crippen LogP contribution in [-0.4, -0.2) is 15.6 Å². The van der Waals surface area contributed by atoms with Gasteiger partial charge in [-0.05, 0) is 143 Å². The Balaban J connectivity index is 0.00000800. The van der Waals surface area contributed by atoms with Gasteiger partial charge in [-0.25, -0.2) is 4.98 Å². The molecule has 10 aromatic rings. The third-order valence-corrected chi connectivity index (χ3v) is 17.0. The Morgan fingerprint density at radius 1 is 0.549 bits per heavy atom. The van der Waals surface area contributed by atoms with E-state index in [0.717, 1.165) is 68.5 Å². The van der Waals surface area contributed by atoms with Crippen molar-refractivity contribution in [1.29, 1.82) is 0 Å². The van der Waals surface area contributed by atoms with E-state index in [9.17, 15) is 0 Å². The number of hydrogen-bond donors (Lipinski definition) is 0. The van der Waals surface area contributed by atoms with Gasteiger partial charge in [0.1, 0.15) is 11.5 Å². The molecule has 12 rings (SSSR count). The summed E-state index contributed by atoms with van der Waals surface area (Å²) in [4.78, 5) is 5.03. The minimum atomic E-state index is -2.53. The fourth-order valence-corrected chi connectivity index (χ4v) is 11.9. The molecule has 0 saturated carbocycles. The Labute approximate surface area is 509 Å². The number of hydrogen-bond acceptors (Lipinski definition) is 2. The van der Waals surface area contributed by atoms with Gasteiger partial charge in [0.05, 0.1) is 11.1 Å². The second-order valence-corrected chi connectivity index (χ2v) is 26.9. The van der Waals surface area contributed by atoms with Crippen LogP contribution in [0.2, 0.25) is 0 Å². The van der Waals surface area contributed by atoms with Gasteiger partial charge in [0.25, 0.3) is 11.4 Å². The van der Waals surface area contributed by atoms with Gasteiger partial charge in [0, 0.05) is 49.1 Å². The maximum atomic E-state index is 8.94. The largest absolute Gasteiger partial charge is 2.00 e. The minimum absolute atomic E-state index is 0. The fourth-order valence-electron chi connectivity index (χ4n) is 11.9. The van der Waals surface area contributed by atoms with Crippen molar-refractivity contribution in [2.45, 2.75) is 144 Å². The molecule has 0 bridgehead atoms. The standard InChI is InChI=1S/C76H76N4O.Pt/c1-48-28-31-59-60-32-30-58(45-69(60)80(68(59)36-48)70-37-49(2)63(46-77-70)51-29-33-64-65(40-51)76(14,15)35-34-75(64,12)13)81-57-25-21-24-56(44-57)78-47-79(67-27-20-19-26-66(67)78)71-61(50-22-17-16-18-23-50)42-55(74(9,10)11)43-62(71)52-38-53(72(3,4)5)41-54(39-52)73(6,7)8;/h16-33,36-43,46H,34-35H2,1-15H3;/q;+2/i1D3,2D3;. The summed E-state index contributed by atoms with van der Waals surface area (Å²) in [7, 11) is 0. The van der Waals surface area contributed by atoms with Crippen LogP contribution in [0.5, 0.6) is 11.5 Å². The van der Waals surface area contributed by atoms with Crippen molar-refractivity contribution in [3.63, 3.8) is 0 Å². The van der Waals surface area contributed by atoms with Crippen molar-refractivity contribution in [1.82, 2.24) is 18.7 Å². The summed E-state index contributed by atoms with van der Waals surface area (Å²) in [6, 6.07) is 64.5. The van der Waals surface area contributed by atoms with Crippen molar-refractivity contribution in [3.05, 3.63) is 215 Å². The molecular weight excluding hydrogens is 1180 g/mol. The molecule has 1 aliphatic heterocycles. The molecular formula is C76H76N4OPt+2. The minimum Gasteiger partial charge on any atom is -0.509 e. The zero-order chi connectivity index (χ0) is 62.1. The normalized spacial score (nSPS) is 16.1. The quantitative estimate of drug-likeness (QED) is 0.112. The smallest absolute Gasteiger partial charge is 0.509 e. The van der Waals surface area contributed by atoms with Gasteiger partial charge in [-0.15, -0.1) is 23.6 Å². The number of ether oxygens (including phenoxy) is 1. The molecule has 2 aliphatic rings. The molecule has 414 valence electrons. The van der Waals surface area contributed by atoms with Crippen molar-refractivity contribution in [2.24, 2.45) is 0 Å².